The number of para-hydroxylation sites is 1. The molecule has 20 heavy (non-hydrogen) atoms. The van der Waals surface area contributed by atoms with Gasteiger partial charge in [-0.2, -0.15) is 0 Å². The van der Waals surface area contributed by atoms with Gasteiger partial charge in [0.25, 0.3) is 5.91 Å². The average molecular weight is 338 g/mol. The molecule has 0 heterocycles. The van der Waals surface area contributed by atoms with Crippen LogP contribution in [0.1, 0.15) is 15.9 Å². The Morgan fingerprint density at radius 1 is 1.30 bits per heavy atom. The molecule has 1 amide bonds. The van der Waals surface area contributed by atoms with Crippen LogP contribution in [-0.4, -0.2) is 13.0 Å². The average Bonchev–Trinajstić information content (AvgIpc) is 2.40. The van der Waals surface area contributed by atoms with Crippen molar-refractivity contribution < 1.29 is 13.9 Å². The maximum atomic E-state index is 13.6. The monoisotopic (exact) mass is 337 g/mol. The number of amides is 1. The highest BCUT2D eigenvalue weighted by atomic mass is 79.9. The molecule has 0 saturated carbocycles. The molecule has 0 aliphatic rings. The lowest BCUT2D eigenvalue weighted by atomic mass is 10.1. The fraction of sp³-hybridized carbons (Fsp3) is 0.133. The number of ether oxygens (including phenoxy) is 1. The van der Waals surface area contributed by atoms with Crippen LogP contribution in [0.4, 0.5) is 10.1 Å². The van der Waals surface area contributed by atoms with Crippen molar-refractivity contribution in [1.29, 1.82) is 0 Å². The first-order valence-corrected chi connectivity index (χ1v) is 6.72. The molecule has 5 heteroatoms. The van der Waals surface area contributed by atoms with E-state index >= 15 is 0 Å². The Bertz CT molecular complexity index is 658. The van der Waals surface area contributed by atoms with E-state index in [2.05, 4.69) is 21.2 Å². The van der Waals surface area contributed by atoms with Crippen LogP contribution in [-0.2, 0) is 0 Å². The zero-order valence-electron chi connectivity index (χ0n) is 11.0. The highest BCUT2D eigenvalue weighted by molar-refractivity contribution is 9.10. The van der Waals surface area contributed by atoms with Gasteiger partial charge in [0.2, 0.25) is 0 Å². The molecular weight excluding hydrogens is 325 g/mol. The zero-order valence-corrected chi connectivity index (χ0v) is 12.6. The Labute approximate surface area is 124 Å². The lowest BCUT2D eigenvalue weighted by Gasteiger charge is -2.12. The van der Waals surface area contributed by atoms with Crippen LogP contribution in [0.5, 0.6) is 5.75 Å². The molecule has 0 fully saturated rings. The summed E-state index contributed by atoms with van der Waals surface area (Å²) in [6, 6.07) is 9.50. The fourth-order valence-corrected chi connectivity index (χ4v) is 2.49. The number of aryl methyl sites for hydroxylation is 1. The smallest absolute Gasteiger partial charge is 0.259 e. The van der Waals surface area contributed by atoms with Crippen LogP contribution >= 0.6 is 15.9 Å². The predicted molar refractivity (Wildman–Crippen MR) is 79.8 cm³/mol. The Morgan fingerprint density at radius 2 is 2.00 bits per heavy atom. The summed E-state index contributed by atoms with van der Waals surface area (Å²) in [5.41, 5.74) is 1.31. The number of carbonyl (C=O) groups is 1. The van der Waals surface area contributed by atoms with Gasteiger partial charge < -0.3 is 10.1 Å². The van der Waals surface area contributed by atoms with Crippen molar-refractivity contribution >= 4 is 27.5 Å². The summed E-state index contributed by atoms with van der Waals surface area (Å²) >= 11 is 3.33. The highest BCUT2D eigenvalue weighted by Gasteiger charge is 2.16. The number of nitrogens with one attached hydrogen (secondary N) is 1. The number of benzene rings is 2. The molecule has 0 aliphatic heterocycles. The van der Waals surface area contributed by atoms with Crippen molar-refractivity contribution in [3.8, 4) is 5.75 Å². The number of hydrogen-bond acceptors (Lipinski definition) is 2. The minimum absolute atomic E-state index is 0.136. The molecule has 0 saturated heterocycles. The molecular formula is C15H13BrFNO2. The minimum atomic E-state index is -0.480. The van der Waals surface area contributed by atoms with Crippen molar-refractivity contribution in [2.45, 2.75) is 6.92 Å². The van der Waals surface area contributed by atoms with Crippen molar-refractivity contribution in [2.75, 3.05) is 12.4 Å². The Balaban J connectivity index is 2.37. The summed E-state index contributed by atoms with van der Waals surface area (Å²) in [4.78, 5) is 12.3. The summed E-state index contributed by atoms with van der Waals surface area (Å²) in [7, 11) is 1.50. The van der Waals surface area contributed by atoms with Crippen LogP contribution in [0, 0.1) is 12.7 Å². The van der Waals surface area contributed by atoms with Crippen LogP contribution < -0.4 is 10.1 Å². The van der Waals surface area contributed by atoms with E-state index in [0.29, 0.717) is 11.3 Å². The van der Waals surface area contributed by atoms with Crippen molar-refractivity contribution in [3.05, 3.63) is 57.8 Å². The van der Waals surface area contributed by atoms with Crippen LogP contribution in [0.3, 0.4) is 0 Å². The van der Waals surface area contributed by atoms with Crippen molar-refractivity contribution in [2.24, 2.45) is 0 Å². The third-order valence-corrected chi connectivity index (χ3v) is 3.27. The Morgan fingerprint density at radius 3 is 2.65 bits per heavy atom. The van der Waals surface area contributed by atoms with Crippen LogP contribution in [0.2, 0.25) is 0 Å². The van der Waals surface area contributed by atoms with E-state index in [-0.39, 0.29) is 5.69 Å². The number of halogens is 2. The fourth-order valence-electron chi connectivity index (χ4n) is 1.92. The maximum Gasteiger partial charge on any atom is 0.259 e. The van der Waals surface area contributed by atoms with Gasteiger partial charge in [-0.15, -0.1) is 0 Å². The quantitative estimate of drug-likeness (QED) is 0.913. The summed E-state index contributed by atoms with van der Waals surface area (Å²) in [6.07, 6.45) is 0. The van der Waals surface area contributed by atoms with Gasteiger partial charge in [0.15, 0.2) is 0 Å². The SMILES string of the molecule is COc1c(C)cc(Br)cc1C(=O)Nc1ccccc1F. The Kier molecular flexibility index (Phi) is 4.39. The predicted octanol–water partition coefficient (Wildman–Crippen LogP) is 4.16. The van der Waals surface area contributed by atoms with Gasteiger partial charge in [-0.3, -0.25) is 4.79 Å². The summed E-state index contributed by atoms with van der Waals surface area (Å²) in [5, 5.41) is 2.54. The van der Waals surface area contributed by atoms with E-state index in [9.17, 15) is 9.18 Å². The van der Waals surface area contributed by atoms with Gasteiger partial charge in [-0.25, -0.2) is 4.39 Å². The van der Waals surface area contributed by atoms with Crippen LogP contribution in [0.25, 0.3) is 0 Å². The highest BCUT2D eigenvalue weighted by Crippen LogP contribution is 2.28. The van der Waals surface area contributed by atoms with Gasteiger partial charge in [-0.05, 0) is 36.8 Å². The van der Waals surface area contributed by atoms with E-state index in [1.54, 1.807) is 18.2 Å². The topological polar surface area (TPSA) is 38.3 Å². The normalized spacial score (nSPS) is 10.2. The first-order chi connectivity index (χ1) is 9.52. The first-order valence-electron chi connectivity index (χ1n) is 5.93. The molecule has 0 bridgehead atoms. The minimum Gasteiger partial charge on any atom is -0.496 e. The standard InChI is InChI=1S/C15H13BrFNO2/c1-9-7-10(16)8-11(14(9)20-2)15(19)18-13-6-4-3-5-12(13)17/h3-8H,1-2H3,(H,18,19). The lowest BCUT2D eigenvalue weighted by molar-refractivity contribution is 0.102. The van der Waals surface area contributed by atoms with Gasteiger partial charge in [0.05, 0.1) is 18.4 Å². The maximum absolute atomic E-state index is 13.6. The third-order valence-electron chi connectivity index (χ3n) is 2.81. The van der Waals surface area contributed by atoms with Gasteiger partial charge >= 0.3 is 0 Å². The second kappa shape index (κ2) is 6.05. The number of rotatable bonds is 3. The lowest BCUT2D eigenvalue weighted by Crippen LogP contribution is -2.14. The van der Waals surface area contributed by atoms with Crippen LogP contribution in [0.15, 0.2) is 40.9 Å². The molecule has 104 valence electrons. The van der Waals surface area contributed by atoms with E-state index in [1.807, 2.05) is 13.0 Å². The number of anilines is 1. The molecule has 0 spiro atoms. The molecule has 3 nitrogen and oxygen atoms in total. The summed E-state index contributed by atoms with van der Waals surface area (Å²) < 4.78 is 19.6. The molecule has 2 rings (SSSR count). The Hall–Kier alpha value is -1.88. The van der Waals surface area contributed by atoms with Gasteiger partial charge in [-0.1, -0.05) is 28.1 Å². The van der Waals surface area contributed by atoms with E-state index in [4.69, 9.17) is 4.74 Å². The van der Waals surface area contributed by atoms with E-state index < -0.39 is 11.7 Å². The van der Waals surface area contributed by atoms with E-state index in [1.165, 1.54) is 19.2 Å². The van der Waals surface area contributed by atoms with Gasteiger partial charge in [0.1, 0.15) is 11.6 Å². The van der Waals surface area contributed by atoms with Crippen molar-refractivity contribution in [1.82, 2.24) is 0 Å². The van der Waals surface area contributed by atoms with Crippen molar-refractivity contribution in [3.63, 3.8) is 0 Å². The van der Waals surface area contributed by atoms with E-state index in [0.717, 1.165) is 10.0 Å². The molecule has 2 aromatic carbocycles. The molecule has 0 aromatic heterocycles. The molecule has 0 unspecified atom stereocenters. The third kappa shape index (κ3) is 2.99. The number of methoxy groups -OCH3 is 1. The zero-order chi connectivity index (χ0) is 14.7. The summed E-state index contributed by atoms with van der Waals surface area (Å²) in [6.45, 7) is 1.84. The number of hydrogen-bond donors (Lipinski definition) is 1. The van der Waals surface area contributed by atoms with Gasteiger partial charge in [0, 0.05) is 4.47 Å². The second-order valence-corrected chi connectivity index (χ2v) is 5.15. The molecule has 0 atom stereocenters. The molecule has 0 aliphatic carbocycles. The largest absolute Gasteiger partial charge is 0.496 e. The number of carbonyl (C=O) groups excluding carboxylic acids is 1. The second-order valence-electron chi connectivity index (χ2n) is 4.24. The molecule has 0 radical (unpaired) electrons. The summed E-state index contributed by atoms with van der Waals surface area (Å²) in [5.74, 6) is -0.426. The first kappa shape index (κ1) is 14.5. The molecule has 2 aromatic rings. The molecule has 1 N–H and O–H groups in total.